The fourth-order valence-electron chi connectivity index (χ4n) is 3.54. The highest BCUT2D eigenvalue weighted by Crippen LogP contribution is 2.29. The minimum absolute atomic E-state index is 0.0182. The molecule has 0 amide bonds. The molecule has 4 rings (SSSR count). The van der Waals surface area contributed by atoms with E-state index in [1.54, 1.807) is 17.6 Å². The number of likely N-dealkylation sites (tertiary alicyclic amines) is 1. The molecule has 0 saturated carbocycles. The smallest absolute Gasteiger partial charge is 0.259 e. The number of ether oxygens (including phenoxy) is 1. The van der Waals surface area contributed by atoms with Crippen molar-refractivity contribution in [2.75, 3.05) is 20.2 Å². The molecular weight excluding hydrogens is 334 g/mol. The average Bonchev–Trinajstić information content (AvgIpc) is 3.22. The van der Waals surface area contributed by atoms with E-state index in [4.69, 9.17) is 4.74 Å². The highest BCUT2D eigenvalue weighted by molar-refractivity contribution is 7.15. The molecule has 1 aliphatic rings. The van der Waals surface area contributed by atoms with E-state index in [-0.39, 0.29) is 5.56 Å². The third-order valence-corrected chi connectivity index (χ3v) is 5.82. The Kier molecular flexibility index (Phi) is 4.31. The number of benzene rings is 1. The van der Waals surface area contributed by atoms with Gasteiger partial charge in [-0.25, -0.2) is 4.98 Å². The number of hydrogen-bond acceptors (Lipinski definition) is 5. The zero-order chi connectivity index (χ0) is 17.4. The standard InChI is InChI=1S/C19H21N3O2S/c1-13-12-25-19-20-16(9-18(23)22(13)19)11-21-8-7-15(10-21)14-3-5-17(24-2)6-4-14/h3-6,9,12,15H,7-8,10-11H2,1-2H3. The van der Waals surface area contributed by atoms with Gasteiger partial charge in [0, 0.05) is 30.2 Å². The molecule has 0 aliphatic carbocycles. The van der Waals surface area contributed by atoms with Crippen LogP contribution in [-0.4, -0.2) is 34.5 Å². The summed E-state index contributed by atoms with van der Waals surface area (Å²) in [4.78, 5) is 20.1. The first-order chi connectivity index (χ1) is 12.1. The molecule has 1 aromatic carbocycles. The van der Waals surface area contributed by atoms with Gasteiger partial charge in [0.25, 0.3) is 5.56 Å². The van der Waals surface area contributed by atoms with E-state index in [0.29, 0.717) is 5.92 Å². The molecule has 1 saturated heterocycles. The van der Waals surface area contributed by atoms with E-state index in [2.05, 4.69) is 22.0 Å². The van der Waals surface area contributed by atoms with Gasteiger partial charge in [-0.2, -0.15) is 0 Å². The predicted octanol–water partition coefficient (Wildman–Crippen LogP) is 3.06. The molecule has 3 heterocycles. The Morgan fingerprint density at radius 1 is 1.32 bits per heavy atom. The van der Waals surface area contributed by atoms with Crippen molar-refractivity contribution >= 4 is 16.3 Å². The summed E-state index contributed by atoms with van der Waals surface area (Å²) < 4.78 is 6.91. The van der Waals surface area contributed by atoms with Crippen molar-refractivity contribution < 1.29 is 4.74 Å². The summed E-state index contributed by atoms with van der Waals surface area (Å²) in [6, 6.07) is 10.0. The second-order valence-electron chi connectivity index (χ2n) is 6.57. The van der Waals surface area contributed by atoms with Crippen LogP contribution in [0.3, 0.4) is 0 Å². The number of rotatable bonds is 4. The van der Waals surface area contributed by atoms with Crippen LogP contribution >= 0.6 is 11.3 Å². The maximum absolute atomic E-state index is 12.3. The van der Waals surface area contributed by atoms with E-state index in [0.717, 1.165) is 48.2 Å². The summed E-state index contributed by atoms with van der Waals surface area (Å²) in [5.41, 5.74) is 3.18. The first-order valence-corrected chi connectivity index (χ1v) is 9.35. The van der Waals surface area contributed by atoms with Gasteiger partial charge in [0.2, 0.25) is 0 Å². The minimum atomic E-state index is 0.0182. The van der Waals surface area contributed by atoms with E-state index >= 15 is 0 Å². The van der Waals surface area contributed by atoms with Crippen molar-refractivity contribution in [1.82, 2.24) is 14.3 Å². The number of aromatic nitrogens is 2. The summed E-state index contributed by atoms with van der Waals surface area (Å²) in [6.07, 6.45) is 1.13. The van der Waals surface area contributed by atoms with Gasteiger partial charge in [-0.3, -0.25) is 14.1 Å². The Hall–Kier alpha value is -2.18. The van der Waals surface area contributed by atoms with Gasteiger partial charge >= 0.3 is 0 Å². The van der Waals surface area contributed by atoms with Crippen LogP contribution in [0, 0.1) is 6.92 Å². The lowest BCUT2D eigenvalue weighted by atomic mass is 9.98. The number of aryl methyl sites for hydroxylation is 1. The molecule has 0 N–H and O–H groups in total. The minimum Gasteiger partial charge on any atom is -0.497 e. The molecule has 0 bridgehead atoms. The summed E-state index contributed by atoms with van der Waals surface area (Å²) in [7, 11) is 1.69. The van der Waals surface area contributed by atoms with Crippen LogP contribution in [0.5, 0.6) is 5.75 Å². The van der Waals surface area contributed by atoms with Crippen molar-refractivity contribution in [3.8, 4) is 5.75 Å². The van der Waals surface area contributed by atoms with Crippen molar-refractivity contribution in [1.29, 1.82) is 0 Å². The number of methoxy groups -OCH3 is 1. The quantitative estimate of drug-likeness (QED) is 0.722. The first kappa shape index (κ1) is 16.3. The number of nitrogens with zero attached hydrogens (tertiary/aromatic N) is 3. The lowest BCUT2D eigenvalue weighted by Gasteiger charge is -2.16. The largest absolute Gasteiger partial charge is 0.497 e. The molecule has 3 aromatic rings. The number of hydrogen-bond donors (Lipinski definition) is 0. The summed E-state index contributed by atoms with van der Waals surface area (Å²) in [5, 5.41) is 1.98. The molecule has 6 heteroatoms. The Labute approximate surface area is 150 Å². The fraction of sp³-hybridized carbons (Fsp3) is 0.368. The lowest BCUT2D eigenvalue weighted by Crippen LogP contribution is -2.23. The SMILES string of the molecule is COc1ccc(C2CCN(Cc3cc(=O)n4c(C)csc4n3)C2)cc1. The maximum Gasteiger partial charge on any atom is 0.259 e. The Morgan fingerprint density at radius 3 is 2.88 bits per heavy atom. The topological polar surface area (TPSA) is 46.8 Å². The highest BCUT2D eigenvalue weighted by atomic mass is 32.1. The van der Waals surface area contributed by atoms with Gasteiger partial charge in [0.05, 0.1) is 12.8 Å². The highest BCUT2D eigenvalue weighted by Gasteiger charge is 2.24. The molecule has 0 spiro atoms. The Morgan fingerprint density at radius 2 is 2.12 bits per heavy atom. The zero-order valence-corrected chi connectivity index (χ0v) is 15.3. The third kappa shape index (κ3) is 3.19. The molecule has 1 unspecified atom stereocenters. The van der Waals surface area contributed by atoms with Gasteiger partial charge in [-0.1, -0.05) is 12.1 Å². The molecule has 1 aliphatic heterocycles. The van der Waals surface area contributed by atoms with Gasteiger partial charge in [-0.05, 0) is 43.5 Å². The van der Waals surface area contributed by atoms with Crippen molar-refractivity contribution in [2.45, 2.75) is 25.8 Å². The predicted molar refractivity (Wildman–Crippen MR) is 99.7 cm³/mol. The van der Waals surface area contributed by atoms with Crippen molar-refractivity contribution in [3.63, 3.8) is 0 Å². The van der Waals surface area contributed by atoms with E-state index < -0.39 is 0 Å². The Balaban J connectivity index is 1.48. The van der Waals surface area contributed by atoms with Crippen LogP contribution in [0.4, 0.5) is 0 Å². The fourth-order valence-corrected chi connectivity index (χ4v) is 4.43. The van der Waals surface area contributed by atoms with Gasteiger partial charge in [0.15, 0.2) is 4.96 Å². The summed E-state index contributed by atoms with van der Waals surface area (Å²) >= 11 is 1.52. The second-order valence-corrected chi connectivity index (χ2v) is 7.41. The normalized spacial score (nSPS) is 18.1. The molecule has 1 atom stereocenters. The first-order valence-electron chi connectivity index (χ1n) is 8.47. The molecule has 1 fully saturated rings. The van der Waals surface area contributed by atoms with Gasteiger partial charge in [0.1, 0.15) is 5.75 Å². The molecule has 0 radical (unpaired) electrons. The Bertz CT molecular complexity index is 945. The van der Waals surface area contributed by atoms with Crippen molar-refractivity contribution in [3.05, 3.63) is 63.0 Å². The lowest BCUT2D eigenvalue weighted by molar-refractivity contribution is 0.323. The van der Waals surface area contributed by atoms with Crippen LogP contribution in [0.25, 0.3) is 4.96 Å². The monoisotopic (exact) mass is 355 g/mol. The second kappa shape index (κ2) is 6.61. The number of thiazole rings is 1. The van der Waals surface area contributed by atoms with Crippen LogP contribution < -0.4 is 10.3 Å². The summed E-state index contributed by atoms with van der Waals surface area (Å²) in [5.74, 6) is 1.42. The van der Waals surface area contributed by atoms with Gasteiger partial charge in [-0.15, -0.1) is 11.3 Å². The molecule has 5 nitrogen and oxygen atoms in total. The van der Waals surface area contributed by atoms with Crippen LogP contribution in [-0.2, 0) is 6.54 Å². The van der Waals surface area contributed by atoms with Crippen LogP contribution in [0.2, 0.25) is 0 Å². The van der Waals surface area contributed by atoms with E-state index in [9.17, 15) is 4.79 Å². The van der Waals surface area contributed by atoms with E-state index in [1.165, 1.54) is 16.9 Å². The maximum atomic E-state index is 12.3. The summed E-state index contributed by atoms with van der Waals surface area (Å²) in [6.45, 7) is 4.69. The molecule has 130 valence electrons. The van der Waals surface area contributed by atoms with Crippen molar-refractivity contribution in [2.24, 2.45) is 0 Å². The van der Waals surface area contributed by atoms with Crippen LogP contribution in [0.15, 0.2) is 40.5 Å². The molecule has 25 heavy (non-hydrogen) atoms. The average molecular weight is 355 g/mol. The number of fused-ring (bicyclic) bond motifs is 1. The van der Waals surface area contributed by atoms with Gasteiger partial charge < -0.3 is 4.74 Å². The molecular formula is C19H21N3O2S. The molecule has 2 aromatic heterocycles. The van der Waals surface area contributed by atoms with Crippen LogP contribution in [0.1, 0.15) is 29.3 Å². The van der Waals surface area contributed by atoms with E-state index in [1.807, 2.05) is 24.4 Å². The third-order valence-electron chi connectivity index (χ3n) is 4.87. The zero-order valence-electron chi connectivity index (χ0n) is 14.4.